The van der Waals surface area contributed by atoms with Crippen LogP contribution in [0.4, 0.5) is 11.4 Å². The van der Waals surface area contributed by atoms with Crippen molar-refractivity contribution < 1.29 is 4.79 Å². The number of carbonyl (C=O) groups is 1. The van der Waals surface area contributed by atoms with Gasteiger partial charge in [-0.1, -0.05) is 18.5 Å². The molecule has 0 bridgehead atoms. The molecule has 1 aromatic carbocycles. The SMILES string of the molecule is CCCN(CCC(=O)Nc1ccc(N)cc1Cl)CC1CC1. The Morgan fingerprint density at radius 2 is 2.19 bits per heavy atom. The number of nitrogens with two attached hydrogens (primary N) is 1. The highest BCUT2D eigenvalue weighted by Crippen LogP contribution is 2.29. The number of hydrogen-bond acceptors (Lipinski definition) is 3. The van der Waals surface area contributed by atoms with E-state index in [0.717, 1.165) is 32.0 Å². The molecule has 0 aliphatic heterocycles. The molecule has 0 aromatic heterocycles. The average Bonchev–Trinajstić information content (AvgIpc) is 3.23. The Kier molecular flexibility index (Phi) is 5.88. The first-order valence-electron chi connectivity index (χ1n) is 7.65. The molecule has 1 aliphatic rings. The first kappa shape index (κ1) is 16.1. The fourth-order valence-corrected chi connectivity index (χ4v) is 2.62. The largest absolute Gasteiger partial charge is 0.399 e. The molecule has 1 aliphatic carbocycles. The third-order valence-corrected chi connectivity index (χ3v) is 3.99. The van der Waals surface area contributed by atoms with Crippen molar-refractivity contribution in [3.63, 3.8) is 0 Å². The third kappa shape index (κ3) is 5.56. The minimum atomic E-state index is -0.00132. The first-order chi connectivity index (χ1) is 10.1. The number of anilines is 2. The van der Waals surface area contributed by atoms with Gasteiger partial charge in [0.1, 0.15) is 0 Å². The van der Waals surface area contributed by atoms with Gasteiger partial charge in [0.15, 0.2) is 0 Å². The van der Waals surface area contributed by atoms with Crippen molar-refractivity contribution in [3.05, 3.63) is 23.2 Å². The summed E-state index contributed by atoms with van der Waals surface area (Å²) in [6, 6.07) is 5.12. The lowest BCUT2D eigenvalue weighted by molar-refractivity contribution is -0.116. The van der Waals surface area contributed by atoms with Crippen molar-refractivity contribution in [1.29, 1.82) is 0 Å². The minimum Gasteiger partial charge on any atom is -0.399 e. The van der Waals surface area contributed by atoms with Crippen LogP contribution < -0.4 is 11.1 Å². The summed E-state index contributed by atoms with van der Waals surface area (Å²) in [4.78, 5) is 14.4. The summed E-state index contributed by atoms with van der Waals surface area (Å²) < 4.78 is 0. The Balaban J connectivity index is 1.79. The van der Waals surface area contributed by atoms with Crippen molar-refractivity contribution in [2.75, 3.05) is 30.7 Å². The Morgan fingerprint density at radius 1 is 1.43 bits per heavy atom. The highest BCUT2D eigenvalue weighted by Gasteiger charge is 2.24. The highest BCUT2D eigenvalue weighted by molar-refractivity contribution is 6.34. The van der Waals surface area contributed by atoms with Crippen LogP contribution in [-0.2, 0) is 4.79 Å². The van der Waals surface area contributed by atoms with Crippen LogP contribution in [0.2, 0.25) is 5.02 Å². The van der Waals surface area contributed by atoms with E-state index >= 15 is 0 Å². The van der Waals surface area contributed by atoms with E-state index in [2.05, 4.69) is 17.1 Å². The molecule has 0 heterocycles. The van der Waals surface area contributed by atoms with Crippen LogP contribution in [0.1, 0.15) is 32.6 Å². The second kappa shape index (κ2) is 7.66. The molecule has 0 atom stereocenters. The van der Waals surface area contributed by atoms with Gasteiger partial charge >= 0.3 is 0 Å². The minimum absolute atomic E-state index is 0.00132. The van der Waals surface area contributed by atoms with Gasteiger partial charge in [-0.15, -0.1) is 0 Å². The van der Waals surface area contributed by atoms with Gasteiger partial charge in [-0.05, 0) is 49.9 Å². The van der Waals surface area contributed by atoms with Crippen molar-refractivity contribution >= 4 is 28.9 Å². The van der Waals surface area contributed by atoms with E-state index in [4.69, 9.17) is 17.3 Å². The number of rotatable bonds is 8. The van der Waals surface area contributed by atoms with E-state index in [1.807, 2.05) is 0 Å². The quantitative estimate of drug-likeness (QED) is 0.724. The standard InChI is InChI=1S/C16H24ClN3O/c1-2-8-20(11-12-3-4-12)9-7-16(21)19-15-6-5-13(18)10-14(15)17/h5-6,10,12H,2-4,7-9,11,18H2,1H3,(H,19,21). The molecule has 0 unspecified atom stereocenters. The van der Waals surface area contributed by atoms with Crippen LogP contribution in [0.15, 0.2) is 18.2 Å². The molecule has 0 radical (unpaired) electrons. The number of nitrogens with zero attached hydrogens (tertiary/aromatic N) is 1. The zero-order chi connectivity index (χ0) is 15.2. The summed E-state index contributed by atoms with van der Waals surface area (Å²) in [5, 5.41) is 3.33. The second-order valence-electron chi connectivity index (χ2n) is 5.78. The zero-order valence-corrected chi connectivity index (χ0v) is 13.3. The first-order valence-corrected chi connectivity index (χ1v) is 8.03. The van der Waals surface area contributed by atoms with Crippen molar-refractivity contribution in [2.45, 2.75) is 32.6 Å². The zero-order valence-electron chi connectivity index (χ0n) is 12.6. The molecule has 3 N–H and O–H groups in total. The lowest BCUT2D eigenvalue weighted by atomic mass is 10.2. The van der Waals surface area contributed by atoms with Crippen LogP contribution in [0.25, 0.3) is 0 Å². The maximum Gasteiger partial charge on any atom is 0.225 e. The molecule has 0 spiro atoms. The second-order valence-corrected chi connectivity index (χ2v) is 6.19. The van der Waals surface area contributed by atoms with E-state index in [0.29, 0.717) is 22.8 Å². The van der Waals surface area contributed by atoms with Crippen LogP contribution >= 0.6 is 11.6 Å². The molecule has 1 amide bonds. The lowest BCUT2D eigenvalue weighted by Crippen LogP contribution is -2.30. The lowest BCUT2D eigenvalue weighted by Gasteiger charge is -2.21. The molecule has 2 rings (SSSR count). The third-order valence-electron chi connectivity index (χ3n) is 3.68. The number of hydrogen-bond donors (Lipinski definition) is 2. The van der Waals surface area contributed by atoms with Crippen LogP contribution in [0.3, 0.4) is 0 Å². The van der Waals surface area contributed by atoms with Crippen LogP contribution in [0, 0.1) is 5.92 Å². The van der Waals surface area contributed by atoms with E-state index in [9.17, 15) is 4.79 Å². The Morgan fingerprint density at radius 3 is 2.81 bits per heavy atom. The Hall–Kier alpha value is -1.26. The molecule has 1 fully saturated rings. The average molecular weight is 310 g/mol. The maximum absolute atomic E-state index is 12.0. The normalized spacial score (nSPS) is 14.4. The number of carbonyl (C=O) groups excluding carboxylic acids is 1. The molecule has 1 aromatic rings. The number of nitrogen functional groups attached to an aromatic ring is 1. The van der Waals surface area contributed by atoms with Gasteiger partial charge in [0.25, 0.3) is 0 Å². The molecule has 1 saturated carbocycles. The Labute approximate surface area is 131 Å². The van der Waals surface area contributed by atoms with Gasteiger partial charge in [0, 0.05) is 25.2 Å². The number of nitrogens with one attached hydrogen (secondary N) is 1. The summed E-state index contributed by atoms with van der Waals surface area (Å²) in [5.74, 6) is 0.852. The van der Waals surface area contributed by atoms with Crippen LogP contribution in [-0.4, -0.2) is 30.4 Å². The topological polar surface area (TPSA) is 58.4 Å². The van der Waals surface area contributed by atoms with Gasteiger partial charge < -0.3 is 16.0 Å². The molecule has 116 valence electrons. The molecular formula is C16H24ClN3O. The summed E-state index contributed by atoms with van der Waals surface area (Å²) in [6.45, 7) is 5.17. The predicted octanol–water partition coefficient (Wildman–Crippen LogP) is 3.37. The molecule has 0 saturated heterocycles. The summed E-state index contributed by atoms with van der Waals surface area (Å²) in [7, 11) is 0. The van der Waals surface area contributed by atoms with E-state index in [-0.39, 0.29) is 5.91 Å². The highest BCUT2D eigenvalue weighted by atomic mass is 35.5. The number of benzene rings is 1. The van der Waals surface area contributed by atoms with Gasteiger partial charge in [-0.2, -0.15) is 0 Å². The Bertz CT molecular complexity index is 488. The molecule has 4 nitrogen and oxygen atoms in total. The van der Waals surface area contributed by atoms with Gasteiger partial charge in [-0.3, -0.25) is 4.79 Å². The maximum atomic E-state index is 12.0. The number of amides is 1. The van der Waals surface area contributed by atoms with Gasteiger partial charge in [0.05, 0.1) is 10.7 Å². The monoisotopic (exact) mass is 309 g/mol. The van der Waals surface area contributed by atoms with E-state index < -0.39 is 0 Å². The summed E-state index contributed by atoms with van der Waals surface area (Å²) in [5.41, 5.74) is 6.86. The fraction of sp³-hybridized carbons (Fsp3) is 0.562. The van der Waals surface area contributed by atoms with E-state index in [1.165, 1.54) is 12.8 Å². The smallest absolute Gasteiger partial charge is 0.225 e. The van der Waals surface area contributed by atoms with Crippen LogP contribution in [0.5, 0.6) is 0 Å². The van der Waals surface area contributed by atoms with Crippen molar-refractivity contribution in [2.24, 2.45) is 5.92 Å². The van der Waals surface area contributed by atoms with Gasteiger partial charge in [-0.25, -0.2) is 0 Å². The molecular weight excluding hydrogens is 286 g/mol. The summed E-state index contributed by atoms with van der Waals surface area (Å²) >= 11 is 6.06. The van der Waals surface area contributed by atoms with E-state index in [1.54, 1.807) is 18.2 Å². The van der Waals surface area contributed by atoms with Gasteiger partial charge in [0.2, 0.25) is 5.91 Å². The fourth-order valence-electron chi connectivity index (χ4n) is 2.38. The molecule has 5 heteroatoms. The predicted molar refractivity (Wildman–Crippen MR) is 88.6 cm³/mol. The molecule has 21 heavy (non-hydrogen) atoms. The van der Waals surface area contributed by atoms with Crippen molar-refractivity contribution in [3.8, 4) is 0 Å². The summed E-state index contributed by atoms with van der Waals surface area (Å²) in [6.07, 6.45) is 4.30. The number of halogens is 1. The van der Waals surface area contributed by atoms with Crippen molar-refractivity contribution in [1.82, 2.24) is 4.90 Å².